The van der Waals surface area contributed by atoms with Crippen molar-refractivity contribution in [2.45, 2.75) is 58.4 Å². The highest BCUT2D eigenvalue weighted by atomic mass is 16.4. The second-order valence-corrected chi connectivity index (χ2v) is 5.59. The molecule has 4 nitrogen and oxygen atoms in total. The fourth-order valence-corrected chi connectivity index (χ4v) is 1.69. The Morgan fingerprint density at radius 2 is 1.94 bits per heavy atom. The summed E-state index contributed by atoms with van der Waals surface area (Å²) < 4.78 is 0. The van der Waals surface area contributed by atoms with Gasteiger partial charge in [-0.15, -0.1) is 0 Å². The average molecular weight is 227 g/mol. The number of carboxylic acids is 1. The van der Waals surface area contributed by atoms with Crippen LogP contribution in [0.3, 0.4) is 0 Å². The maximum Gasteiger partial charge on any atom is 0.305 e. The molecule has 1 aliphatic rings. The molecule has 0 aliphatic heterocycles. The normalized spacial score (nSPS) is 17.9. The smallest absolute Gasteiger partial charge is 0.305 e. The van der Waals surface area contributed by atoms with Gasteiger partial charge in [-0.2, -0.15) is 0 Å². The van der Waals surface area contributed by atoms with Crippen LogP contribution in [-0.2, 0) is 9.59 Å². The van der Waals surface area contributed by atoms with Crippen molar-refractivity contribution in [3.63, 3.8) is 0 Å². The van der Waals surface area contributed by atoms with Gasteiger partial charge in [0.25, 0.3) is 0 Å². The number of nitrogens with one attached hydrogen (secondary N) is 1. The summed E-state index contributed by atoms with van der Waals surface area (Å²) >= 11 is 0. The maximum atomic E-state index is 11.8. The van der Waals surface area contributed by atoms with Gasteiger partial charge in [-0.25, -0.2) is 0 Å². The van der Waals surface area contributed by atoms with Gasteiger partial charge in [-0.1, -0.05) is 27.2 Å². The lowest BCUT2D eigenvalue weighted by molar-refractivity contribution is -0.138. The molecular weight excluding hydrogens is 206 g/mol. The molecule has 2 N–H and O–H groups in total. The van der Waals surface area contributed by atoms with E-state index in [2.05, 4.69) is 12.2 Å². The summed E-state index contributed by atoms with van der Waals surface area (Å²) in [6.45, 7) is 6.14. The van der Waals surface area contributed by atoms with E-state index >= 15 is 0 Å². The first kappa shape index (κ1) is 13.0. The third-order valence-electron chi connectivity index (χ3n) is 3.34. The summed E-state index contributed by atoms with van der Waals surface area (Å²) in [4.78, 5) is 22.4. The van der Waals surface area contributed by atoms with Crippen molar-refractivity contribution in [2.24, 2.45) is 5.41 Å². The maximum absolute atomic E-state index is 11.8. The fraction of sp³-hybridized carbons (Fsp3) is 0.833. The number of hydrogen-bond donors (Lipinski definition) is 2. The van der Waals surface area contributed by atoms with Gasteiger partial charge in [0.2, 0.25) is 5.91 Å². The van der Waals surface area contributed by atoms with E-state index in [1.165, 1.54) is 0 Å². The standard InChI is InChI=1S/C12H21NO3/c1-4-11(2,3)7-9(14)13-12(5-6-12)8-10(15)16/h4-8H2,1-3H3,(H,13,14)(H,15,16). The predicted molar refractivity (Wildman–Crippen MR) is 61.0 cm³/mol. The molecule has 0 aromatic carbocycles. The van der Waals surface area contributed by atoms with Crippen molar-refractivity contribution in [2.75, 3.05) is 0 Å². The quantitative estimate of drug-likeness (QED) is 0.728. The third kappa shape index (κ3) is 3.83. The Kier molecular flexibility index (Phi) is 3.61. The Morgan fingerprint density at radius 1 is 1.38 bits per heavy atom. The zero-order valence-electron chi connectivity index (χ0n) is 10.3. The molecule has 1 fully saturated rings. The number of rotatable bonds is 6. The lowest BCUT2D eigenvalue weighted by atomic mass is 9.86. The molecule has 0 spiro atoms. The molecular formula is C12H21NO3. The van der Waals surface area contributed by atoms with Gasteiger partial charge >= 0.3 is 5.97 Å². The van der Waals surface area contributed by atoms with E-state index in [1.54, 1.807) is 0 Å². The van der Waals surface area contributed by atoms with Gasteiger partial charge in [0.05, 0.1) is 12.0 Å². The number of carbonyl (C=O) groups is 2. The van der Waals surface area contributed by atoms with E-state index in [4.69, 9.17) is 5.11 Å². The molecule has 0 saturated heterocycles. The van der Waals surface area contributed by atoms with E-state index in [-0.39, 0.29) is 17.7 Å². The SMILES string of the molecule is CCC(C)(C)CC(=O)NC1(CC(=O)O)CC1. The minimum atomic E-state index is -0.840. The first-order valence-electron chi connectivity index (χ1n) is 5.81. The molecule has 1 amide bonds. The molecule has 0 bridgehead atoms. The van der Waals surface area contributed by atoms with Gasteiger partial charge in [0, 0.05) is 6.42 Å². The lowest BCUT2D eigenvalue weighted by Crippen LogP contribution is -2.40. The summed E-state index contributed by atoms with van der Waals surface area (Å²) in [6, 6.07) is 0. The highest BCUT2D eigenvalue weighted by molar-refractivity contribution is 5.79. The van der Waals surface area contributed by atoms with E-state index in [0.29, 0.717) is 6.42 Å². The van der Waals surface area contributed by atoms with Crippen LogP contribution < -0.4 is 5.32 Å². The highest BCUT2D eigenvalue weighted by Crippen LogP contribution is 2.39. The topological polar surface area (TPSA) is 66.4 Å². The third-order valence-corrected chi connectivity index (χ3v) is 3.34. The van der Waals surface area contributed by atoms with E-state index in [1.807, 2.05) is 13.8 Å². The summed E-state index contributed by atoms with van der Waals surface area (Å²) in [5.74, 6) is -0.863. The van der Waals surface area contributed by atoms with Crippen LogP contribution >= 0.6 is 0 Å². The number of amides is 1. The van der Waals surface area contributed by atoms with Crippen LogP contribution in [-0.4, -0.2) is 22.5 Å². The van der Waals surface area contributed by atoms with Crippen LogP contribution in [0.25, 0.3) is 0 Å². The minimum absolute atomic E-state index is 0.0105. The minimum Gasteiger partial charge on any atom is -0.481 e. The molecule has 1 saturated carbocycles. The summed E-state index contributed by atoms with van der Waals surface area (Å²) in [7, 11) is 0. The van der Waals surface area contributed by atoms with Crippen molar-refractivity contribution in [1.29, 1.82) is 0 Å². The monoisotopic (exact) mass is 227 g/mol. The van der Waals surface area contributed by atoms with E-state index < -0.39 is 11.5 Å². The van der Waals surface area contributed by atoms with Crippen molar-refractivity contribution in [3.8, 4) is 0 Å². The largest absolute Gasteiger partial charge is 0.481 e. The average Bonchev–Trinajstić information content (AvgIpc) is 2.82. The van der Waals surface area contributed by atoms with Crippen molar-refractivity contribution >= 4 is 11.9 Å². The number of aliphatic carboxylic acids is 1. The van der Waals surface area contributed by atoms with Gasteiger partial charge in [-0.3, -0.25) is 9.59 Å². The number of carboxylic acid groups (broad SMARTS) is 1. The van der Waals surface area contributed by atoms with Crippen LogP contribution in [0.15, 0.2) is 0 Å². The zero-order chi connectivity index (χ0) is 12.4. The highest BCUT2D eigenvalue weighted by Gasteiger charge is 2.46. The van der Waals surface area contributed by atoms with E-state index in [9.17, 15) is 9.59 Å². The first-order valence-corrected chi connectivity index (χ1v) is 5.81. The molecule has 0 radical (unpaired) electrons. The fourth-order valence-electron chi connectivity index (χ4n) is 1.69. The van der Waals surface area contributed by atoms with Crippen LogP contribution in [0.5, 0.6) is 0 Å². The van der Waals surface area contributed by atoms with Crippen LogP contribution in [0.2, 0.25) is 0 Å². The molecule has 16 heavy (non-hydrogen) atoms. The van der Waals surface area contributed by atoms with Crippen molar-refractivity contribution < 1.29 is 14.7 Å². The Hall–Kier alpha value is -1.06. The second-order valence-electron chi connectivity index (χ2n) is 5.59. The van der Waals surface area contributed by atoms with Crippen LogP contribution in [0.1, 0.15) is 52.9 Å². The van der Waals surface area contributed by atoms with Gasteiger partial charge in [-0.05, 0) is 18.3 Å². The van der Waals surface area contributed by atoms with Crippen LogP contribution in [0, 0.1) is 5.41 Å². The summed E-state index contributed by atoms with van der Waals surface area (Å²) in [5, 5.41) is 11.6. The molecule has 92 valence electrons. The summed E-state index contributed by atoms with van der Waals surface area (Å²) in [5.41, 5.74) is -0.448. The zero-order valence-corrected chi connectivity index (χ0v) is 10.3. The Bertz CT molecular complexity index is 293. The van der Waals surface area contributed by atoms with Crippen molar-refractivity contribution in [1.82, 2.24) is 5.32 Å². The first-order chi connectivity index (χ1) is 7.29. The Labute approximate surface area is 96.4 Å². The molecule has 0 aromatic heterocycles. The van der Waals surface area contributed by atoms with Crippen LogP contribution in [0.4, 0.5) is 0 Å². The molecule has 0 aromatic rings. The number of hydrogen-bond acceptors (Lipinski definition) is 2. The lowest BCUT2D eigenvalue weighted by Gasteiger charge is -2.23. The van der Waals surface area contributed by atoms with E-state index in [0.717, 1.165) is 19.3 Å². The van der Waals surface area contributed by atoms with Crippen molar-refractivity contribution in [3.05, 3.63) is 0 Å². The Morgan fingerprint density at radius 3 is 2.31 bits per heavy atom. The molecule has 1 aliphatic carbocycles. The predicted octanol–water partition coefficient (Wildman–Crippen LogP) is 1.94. The molecule has 0 unspecified atom stereocenters. The molecule has 0 atom stereocenters. The molecule has 0 heterocycles. The molecule has 4 heteroatoms. The summed E-state index contributed by atoms with van der Waals surface area (Å²) in [6.07, 6.45) is 3.03. The van der Waals surface area contributed by atoms with Gasteiger partial charge in [0.1, 0.15) is 0 Å². The Balaban J connectivity index is 2.43. The molecule has 1 rings (SSSR count). The van der Waals surface area contributed by atoms with Gasteiger partial charge < -0.3 is 10.4 Å². The van der Waals surface area contributed by atoms with Gasteiger partial charge in [0.15, 0.2) is 0 Å². The number of carbonyl (C=O) groups excluding carboxylic acids is 1. The second kappa shape index (κ2) is 4.44.